The molecule has 2 aromatic rings. The molecule has 3 heteroatoms. The van der Waals surface area contributed by atoms with E-state index in [4.69, 9.17) is 4.74 Å². The molecule has 0 aliphatic carbocycles. The predicted octanol–water partition coefficient (Wildman–Crippen LogP) is 3.74. The second kappa shape index (κ2) is 5.87. The summed E-state index contributed by atoms with van der Waals surface area (Å²) in [7, 11) is 0. The van der Waals surface area contributed by atoms with Gasteiger partial charge in [-0.1, -0.05) is 57.2 Å². The Morgan fingerprint density at radius 1 is 1.10 bits per heavy atom. The molecule has 0 atom stereocenters. The molecule has 0 saturated carbocycles. The summed E-state index contributed by atoms with van der Waals surface area (Å²) >= 11 is 0. The Bertz CT molecular complexity index is 568. The van der Waals surface area contributed by atoms with E-state index in [1.54, 1.807) is 12.3 Å². The van der Waals surface area contributed by atoms with Crippen LogP contribution in [0.5, 0.6) is 0 Å². The molecule has 2 rings (SSSR count). The number of carbonyl (C=O) groups excluding carboxylic acids is 1. The molecular weight excluding hydrogens is 250 g/mol. The molecule has 0 aliphatic rings. The van der Waals surface area contributed by atoms with Crippen molar-refractivity contribution in [2.24, 2.45) is 0 Å². The fourth-order valence-corrected chi connectivity index (χ4v) is 1.76. The van der Waals surface area contributed by atoms with E-state index in [0.717, 1.165) is 11.1 Å². The monoisotopic (exact) mass is 269 g/mol. The maximum Gasteiger partial charge on any atom is 0.357 e. The minimum absolute atomic E-state index is 0.0273. The third-order valence-corrected chi connectivity index (χ3v) is 3.05. The van der Waals surface area contributed by atoms with Crippen LogP contribution in [-0.2, 0) is 16.8 Å². The fourth-order valence-electron chi connectivity index (χ4n) is 1.76. The molecule has 104 valence electrons. The van der Waals surface area contributed by atoms with Gasteiger partial charge in [0.05, 0.1) is 0 Å². The highest BCUT2D eigenvalue weighted by Gasteiger charge is 2.15. The van der Waals surface area contributed by atoms with Gasteiger partial charge in [0.1, 0.15) is 12.3 Å². The summed E-state index contributed by atoms with van der Waals surface area (Å²) in [6, 6.07) is 13.2. The van der Waals surface area contributed by atoms with Crippen LogP contribution < -0.4 is 0 Å². The second-order valence-corrected chi connectivity index (χ2v) is 5.74. The van der Waals surface area contributed by atoms with Gasteiger partial charge in [-0.25, -0.2) is 9.78 Å². The number of benzene rings is 1. The number of rotatable bonds is 3. The van der Waals surface area contributed by atoms with Gasteiger partial charge in [-0.2, -0.15) is 0 Å². The Hall–Kier alpha value is -2.16. The minimum Gasteiger partial charge on any atom is -0.456 e. The molecule has 1 aromatic heterocycles. The van der Waals surface area contributed by atoms with E-state index in [-0.39, 0.29) is 12.0 Å². The van der Waals surface area contributed by atoms with Crippen molar-refractivity contribution in [3.63, 3.8) is 0 Å². The van der Waals surface area contributed by atoms with Crippen LogP contribution in [-0.4, -0.2) is 11.0 Å². The molecule has 20 heavy (non-hydrogen) atoms. The first-order valence-corrected chi connectivity index (χ1v) is 6.64. The third-order valence-electron chi connectivity index (χ3n) is 3.05. The number of nitrogens with zero attached hydrogens (tertiary/aromatic N) is 1. The molecule has 0 bridgehead atoms. The van der Waals surface area contributed by atoms with Crippen molar-refractivity contribution >= 4 is 5.97 Å². The molecule has 0 radical (unpaired) electrons. The fraction of sp³-hybridized carbons (Fsp3) is 0.294. The number of hydrogen-bond donors (Lipinski definition) is 0. The summed E-state index contributed by atoms with van der Waals surface area (Å²) in [5.41, 5.74) is 2.43. The number of ether oxygens (including phenoxy) is 1. The van der Waals surface area contributed by atoms with Crippen molar-refractivity contribution in [3.8, 4) is 0 Å². The van der Waals surface area contributed by atoms with Gasteiger partial charge in [0.2, 0.25) is 0 Å². The van der Waals surface area contributed by atoms with E-state index in [0.29, 0.717) is 5.69 Å². The van der Waals surface area contributed by atoms with Gasteiger partial charge >= 0.3 is 5.97 Å². The quantitative estimate of drug-likeness (QED) is 0.797. The molecule has 1 heterocycles. The zero-order valence-electron chi connectivity index (χ0n) is 12.1. The van der Waals surface area contributed by atoms with Crippen LogP contribution in [0.15, 0.2) is 48.7 Å². The Kier molecular flexibility index (Phi) is 4.18. The molecule has 0 aliphatic heterocycles. The highest BCUT2D eigenvalue weighted by molar-refractivity contribution is 5.87. The standard InChI is InChI=1S/C17H19NO2/c1-17(2,3)14-9-10-15(18-11-14)16(19)20-12-13-7-5-4-6-8-13/h4-11H,12H2,1-3H3. The Morgan fingerprint density at radius 2 is 1.80 bits per heavy atom. The van der Waals surface area contributed by atoms with Crippen LogP contribution in [0.4, 0.5) is 0 Å². The maximum atomic E-state index is 11.9. The molecule has 0 amide bonds. The average Bonchev–Trinajstić information content (AvgIpc) is 2.45. The van der Waals surface area contributed by atoms with Crippen molar-refractivity contribution in [3.05, 3.63) is 65.5 Å². The number of hydrogen-bond acceptors (Lipinski definition) is 3. The zero-order chi connectivity index (χ0) is 14.6. The van der Waals surface area contributed by atoms with E-state index < -0.39 is 5.97 Å². The minimum atomic E-state index is -0.394. The van der Waals surface area contributed by atoms with Crippen LogP contribution in [0, 0.1) is 0 Å². The van der Waals surface area contributed by atoms with Gasteiger partial charge < -0.3 is 4.74 Å². The van der Waals surface area contributed by atoms with E-state index in [2.05, 4.69) is 25.8 Å². The summed E-state index contributed by atoms with van der Waals surface area (Å²) < 4.78 is 5.24. The molecular formula is C17H19NO2. The van der Waals surface area contributed by atoms with Crippen molar-refractivity contribution < 1.29 is 9.53 Å². The highest BCUT2D eigenvalue weighted by atomic mass is 16.5. The zero-order valence-corrected chi connectivity index (χ0v) is 12.1. The lowest BCUT2D eigenvalue weighted by Crippen LogP contribution is -2.13. The number of carbonyl (C=O) groups is 1. The first-order valence-electron chi connectivity index (χ1n) is 6.64. The molecule has 0 saturated heterocycles. The van der Waals surface area contributed by atoms with Crippen molar-refractivity contribution in [1.82, 2.24) is 4.98 Å². The summed E-state index contributed by atoms with van der Waals surface area (Å²) in [4.78, 5) is 16.1. The second-order valence-electron chi connectivity index (χ2n) is 5.74. The lowest BCUT2D eigenvalue weighted by molar-refractivity contribution is 0.0465. The SMILES string of the molecule is CC(C)(C)c1ccc(C(=O)OCc2ccccc2)nc1. The first kappa shape index (κ1) is 14.3. The average molecular weight is 269 g/mol. The lowest BCUT2D eigenvalue weighted by atomic mass is 9.88. The van der Waals surface area contributed by atoms with Gasteiger partial charge in [-0.05, 0) is 22.6 Å². The largest absolute Gasteiger partial charge is 0.456 e. The van der Waals surface area contributed by atoms with Crippen LogP contribution in [0.1, 0.15) is 42.4 Å². The summed E-state index contributed by atoms with van der Waals surface area (Å²) in [5.74, 6) is -0.394. The predicted molar refractivity (Wildman–Crippen MR) is 78.5 cm³/mol. The van der Waals surface area contributed by atoms with E-state index >= 15 is 0 Å². The molecule has 0 N–H and O–H groups in total. The van der Waals surface area contributed by atoms with Gasteiger partial charge in [0.15, 0.2) is 0 Å². The number of esters is 1. The van der Waals surface area contributed by atoms with Crippen molar-refractivity contribution in [2.75, 3.05) is 0 Å². The first-order chi connectivity index (χ1) is 9.47. The van der Waals surface area contributed by atoms with E-state index in [1.165, 1.54) is 0 Å². The number of pyridine rings is 1. The molecule has 0 spiro atoms. The Balaban J connectivity index is 1.99. The summed E-state index contributed by atoms with van der Waals surface area (Å²) in [6.45, 7) is 6.59. The van der Waals surface area contributed by atoms with Crippen molar-refractivity contribution in [1.29, 1.82) is 0 Å². The van der Waals surface area contributed by atoms with Crippen LogP contribution in [0.25, 0.3) is 0 Å². The van der Waals surface area contributed by atoms with Crippen LogP contribution >= 0.6 is 0 Å². The van der Waals surface area contributed by atoms with E-state index in [9.17, 15) is 4.79 Å². The molecule has 0 fully saturated rings. The van der Waals surface area contributed by atoms with Crippen LogP contribution in [0.2, 0.25) is 0 Å². The van der Waals surface area contributed by atoms with Gasteiger partial charge in [0, 0.05) is 6.20 Å². The third kappa shape index (κ3) is 3.67. The molecule has 1 aromatic carbocycles. The van der Waals surface area contributed by atoms with E-state index in [1.807, 2.05) is 36.4 Å². The Labute approximate surface area is 119 Å². The molecule has 3 nitrogen and oxygen atoms in total. The molecule has 0 unspecified atom stereocenters. The normalized spacial score (nSPS) is 11.2. The van der Waals surface area contributed by atoms with Crippen molar-refractivity contribution in [2.45, 2.75) is 32.8 Å². The number of aromatic nitrogens is 1. The van der Waals surface area contributed by atoms with Gasteiger partial charge in [-0.15, -0.1) is 0 Å². The van der Waals surface area contributed by atoms with Gasteiger partial charge in [-0.3, -0.25) is 0 Å². The Morgan fingerprint density at radius 3 is 2.35 bits per heavy atom. The summed E-state index contributed by atoms with van der Waals surface area (Å²) in [6.07, 6.45) is 1.74. The smallest absolute Gasteiger partial charge is 0.357 e. The van der Waals surface area contributed by atoms with Gasteiger partial charge in [0.25, 0.3) is 0 Å². The lowest BCUT2D eigenvalue weighted by Gasteiger charge is -2.18. The highest BCUT2D eigenvalue weighted by Crippen LogP contribution is 2.21. The topological polar surface area (TPSA) is 39.2 Å². The summed E-state index contributed by atoms with van der Waals surface area (Å²) in [5, 5.41) is 0. The van der Waals surface area contributed by atoms with Crippen LogP contribution in [0.3, 0.4) is 0 Å². The maximum absolute atomic E-state index is 11.9.